The number of hydrogen-bond acceptors (Lipinski definition) is 4. The van der Waals surface area contributed by atoms with Gasteiger partial charge >= 0.3 is 0 Å². The van der Waals surface area contributed by atoms with Crippen LogP contribution in [0.15, 0.2) is 36.4 Å². The number of nitrogens with zero attached hydrogens (tertiary/aromatic N) is 4. The fourth-order valence-corrected chi connectivity index (χ4v) is 3.55. The highest BCUT2D eigenvalue weighted by molar-refractivity contribution is 5.92. The van der Waals surface area contributed by atoms with Gasteiger partial charge in [0.05, 0.1) is 25.0 Å². The Morgan fingerprint density at radius 3 is 2.85 bits per heavy atom. The molecular formula is C20H25N5O. The molecule has 1 N–H and O–H groups in total. The predicted molar refractivity (Wildman–Crippen MR) is 100 cm³/mol. The van der Waals surface area contributed by atoms with Gasteiger partial charge in [-0.15, -0.1) is 0 Å². The molecule has 1 aromatic carbocycles. The van der Waals surface area contributed by atoms with E-state index in [1.165, 1.54) is 5.56 Å². The van der Waals surface area contributed by atoms with E-state index in [2.05, 4.69) is 40.4 Å². The molecule has 2 heterocycles. The van der Waals surface area contributed by atoms with Crippen LogP contribution in [0.5, 0.6) is 0 Å². The Balaban J connectivity index is 1.59. The van der Waals surface area contributed by atoms with Gasteiger partial charge < -0.3 is 5.32 Å². The summed E-state index contributed by atoms with van der Waals surface area (Å²) in [5.41, 5.74) is 2.22. The summed E-state index contributed by atoms with van der Waals surface area (Å²) >= 11 is 0. The Morgan fingerprint density at radius 1 is 1.35 bits per heavy atom. The van der Waals surface area contributed by atoms with Crippen LogP contribution < -0.4 is 5.32 Å². The normalized spacial score (nSPS) is 20.0. The average molecular weight is 351 g/mol. The van der Waals surface area contributed by atoms with Crippen molar-refractivity contribution in [1.82, 2.24) is 14.7 Å². The van der Waals surface area contributed by atoms with Gasteiger partial charge in [-0.1, -0.05) is 37.3 Å². The van der Waals surface area contributed by atoms with Crippen LogP contribution in [0.25, 0.3) is 0 Å². The molecule has 1 amide bonds. The van der Waals surface area contributed by atoms with Crippen LogP contribution in [-0.4, -0.2) is 33.7 Å². The number of rotatable bonds is 6. The summed E-state index contributed by atoms with van der Waals surface area (Å²) in [4.78, 5) is 15.1. The first-order valence-corrected chi connectivity index (χ1v) is 9.05. The number of carbonyl (C=O) groups is 1. The lowest BCUT2D eigenvalue weighted by Gasteiger charge is -2.15. The number of hydrogen-bond donors (Lipinski definition) is 1. The zero-order valence-corrected chi connectivity index (χ0v) is 15.4. The molecule has 0 bridgehead atoms. The Bertz CT molecular complexity index is 792. The maximum absolute atomic E-state index is 12.7. The van der Waals surface area contributed by atoms with Crippen molar-refractivity contribution in [2.75, 3.05) is 18.4 Å². The minimum absolute atomic E-state index is 0.0259. The average Bonchev–Trinajstić information content (AvgIpc) is 3.16. The molecule has 1 aromatic heterocycles. The number of amides is 1. The smallest absolute Gasteiger partial charge is 0.230 e. The van der Waals surface area contributed by atoms with Crippen LogP contribution in [0, 0.1) is 30.1 Å². The summed E-state index contributed by atoms with van der Waals surface area (Å²) < 4.78 is 1.76. The standard InChI is InChI=1S/C20H25N5O/c1-15-12-24(13-17-7-4-3-5-8-17)14-18(15)20(26)22-19-11-16(2)25(23-19)10-6-9-21/h3-5,7-8,11,15,18H,6,10,12-14H2,1-2H3,(H,22,23,26)/t15-,18-/m1/s1. The second kappa shape index (κ2) is 8.15. The first-order valence-electron chi connectivity index (χ1n) is 9.05. The lowest BCUT2D eigenvalue weighted by molar-refractivity contribution is -0.120. The van der Waals surface area contributed by atoms with Crippen molar-refractivity contribution in [3.8, 4) is 6.07 Å². The molecule has 1 saturated heterocycles. The lowest BCUT2D eigenvalue weighted by Crippen LogP contribution is -2.28. The lowest BCUT2D eigenvalue weighted by atomic mass is 9.97. The fraction of sp³-hybridized carbons (Fsp3) is 0.450. The summed E-state index contributed by atoms with van der Waals surface area (Å²) in [5, 5.41) is 16.1. The van der Waals surface area contributed by atoms with Gasteiger partial charge in [0, 0.05) is 31.4 Å². The van der Waals surface area contributed by atoms with Crippen LogP contribution in [-0.2, 0) is 17.9 Å². The number of carbonyl (C=O) groups excluding carboxylic acids is 1. The SMILES string of the molecule is Cc1cc(NC(=O)[C@@H]2CN(Cc3ccccc3)C[C@H]2C)nn1CCC#N. The minimum Gasteiger partial charge on any atom is -0.309 e. The van der Waals surface area contributed by atoms with Crippen molar-refractivity contribution in [2.45, 2.75) is 33.4 Å². The second-order valence-corrected chi connectivity index (χ2v) is 7.05. The molecule has 0 unspecified atom stereocenters. The van der Waals surface area contributed by atoms with Crippen molar-refractivity contribution in [3.63, 3.8) is 0 Å². The highest BCUT2D eigenvalue weighted by Gasteiger charge is 2.34. The van der Waals surface area contributed by atoms with Crippen LogP contribution in [0.3, 0.4) is 0 Å². The number of aromatic nitrogens is 2. The maximum Gasteiger partial charge on any atom is 0.230 e. The third-order valence-corrected chi connectivity index (χ3v) is 4.94. The summed E-state index contributed by atoms with van der Waals surface area (Å²) in [5.74, 6) is 0.862. The van der Waals surface area contributed by atoms with E-state index in [1.807, 2.05) is 31.2 Å². The Labute approximate surface area is 154 Å². The quantitative estimate of drug-likeness (QED) is 0.868. The number of benzene rings is 1. The molecule has 0 spiro atoms. The summed E-state index contributed by atoms with van der Waals surface area (Å²) in [6.07, 6.45) is 0.407. The molecule has 1 aliphatic heterocycles. The summed E-state index contributed by atoms with van der Waals surface area (Å²) in [6, 6.07) is 14.3. The van der Waals surface area contributed by atoms with Gasteiger partial charge in [-0.05, 0) is 18.4 Å². The van der Waals surface area contributed by atoms with E-state index in [-0.39, 0.29) is 11.8 Å². The van der Waals surface area contributed by atoms with Crippen molar-refractivity contribution in [2.24, 2.45) is 11.8 Å². The van der Waals surface area contributed by atoms with Crippen LogP contribution in [0.4, 0.5) is 5.82 Å². The summed E-state index contributed by atoms with van der Waals surface area (Å²) in [6.45, 7) is 7.16. The zero-order chi connectivity index (χ0) is 18.5. The first-order chi connectivity index (χ1) is 12.6. The molecule has 0 aliphatic carbocycles. The predicted octanol–water partition coefficient (Wildman–Crippen LogP) is 2.81. The van der Waals surface area contributed by atoms with E-state index in [9.17, 15) is 4.79 Å². The number of nitrogens with one attached hydrogen (secondary N) is 1. The van der Waals surface area contributed by atoms with E-state index in [0.29, 0.717) is 24.7 Å². The third-order valence-electron chi connectivity index (χ3n) is 4.94. The maximum atomic E-state index is 12.7. The summed E-state index contributed by atoms with van der Waals surface area (Å²) in [7, 11) is 0. The molecule has 2 atom stereocenters. The number of nitriles is 1. The van der Waals surface area contributed by atoms with Gasteiger partial charge in [-0.3, -0.25) is 14.4 Å². The highest BCUT2D eigenvalue weighted by Crippen LogP contribution is 2.26. The first kappa shape index (κ1) is 18.2. The van der Waals surface area contributed by atoms with Crippen molar-refractivity contribution in [3.05, 3.63) is 47.7 Å². The molecule has 2 aromatic rings. The van der Waals surface area contributed by atoms with Gasteiger partial charge in [-0.2, -0.15) is 10.4 Å². The number of likely N-dealkylation sites (tertiary alicyclic amines) is 1. The van der Waals surface area contributed by atoms with E-state index in [1.54, 1.807) is 4.68 Å². The second-order valence-electron chi connectivity index (χ2n) is 7.05. The van der Waals surface area contributed by atoms with Crippen LogP contribution in [0.1, 0.15) is 24.6 Å². The number of aryl methyl sites for hydroxylation is 2. The number of anilines is 1. The van der Waals surface area contributed by atoms with E-state index in [4.69, 9.17) is 5.26 Å². The molecular weight excluding hydrogens is 326 g/mol. The van der Waals surface area contributed by atoms with Crippen LogP contribution >= 0.6 is 0 Å². The molecule has 26 heavy (non-hydrogen) atoms. The van der Waals surface area contributed by atoms with E-state index < -0.39 is 0 Å². The molecule has 6 nitrogen and oxygen atoms in total. The van der Waals surface area contributed by atoms with Gasteiger partial charge in [-0.25, -0.2) is 0 Å². The largest absolute Gasteiger partial charge is 0.309 e. The van der Waals surface area contributed by atoms with Crippen molar-refractivity contribution in [1.29, 1.82) is 5.26 Å². The zero-order valence-electron chi connectivity index (χ0n) is 15.4. The molecule has 1 fully saturated rings. The minimum atomic E-state index is -0.0386. The van der Waals surface area contributed by atoms with Gasteiger partial charge in [0.15, 0.2) is 5.82 Å². The highest BCUT2D eigenvalue weighted by atomic mass is 16.2. The molecule has 0 radical (unpaired) electrons. The van der Waals surface area contributed by atoms with Crippen LogP contribution in [0.2, 0.25) is 0 Å². The topological polar surface area (TPSA) is 74.0 Å². The Kier molecular flexibility index (Phi) is 5.69. The monoisotopic (exact) mass is 351 g/mol. The molecule has 6 heteroatoms. The molecule has 3 rings (SSSR count). The van der Waals surface area contributed by atoms with Crippen molar-refractivity contribution >= 4 is 11.7 Å². The Hall–Kier alpha value is -2.65. The molecule has 1 aliphatic rings. The molecule has 0 saturated carbocycles. The van der Waals surface area contributed by atoms with Gasteiger partial charge in [0.25, 0.3) is 0 Å². The van der Waals surface area contributed by atoms with Gasteiger partial charge in [0.1, 0.15) is 0 Å². The Morgan fingerprint density at radius 2 is 2.12 bits per heavy atom. The van der Waals surface area contributed by atoms with Gasteiger partial charge in [0.2, 0.25) is 5.91 Å². The van der Waals surface area contributed by atoms with E-state index >= 15 is 0 Å². The third kappa shape index (κ3) is 4.30. The van der Waals surface area contributed by atoms with E-state index in [0.717, 1.165) is 25.3 Å². The molecule has 136 valence electrons. The fourth-order valence-electron chi connectivity index (χ4n) is 3.55. The van der Waals surface area contributed by atoms with Crippen molar-refractivity contribution < 1.29 is 4.79 Å².